The highest BCUT2D eigenvalue weighted by atomic mass is 35.5. The monoisotopic (exact) mass is 314 g/mol. The van der Waals surface area contributed by atoms with Crippen molar-refractivity contribution in [3.05, 3.63) is 51.8 Å². The molecule has 1 aromatic heterocycles. The first-order valence-electron chi connectivity index (χ1n) is 5.86. The van der Waals surface area contributed by atoms with E-state index in [4.69, 9.17) is 23.2 Å². The Hall–Kier alpha value is -1.56. The van der Waals surface area contributed by atoms with Crippen molar-refractivity contribution in [3.63, 3.8) is 0 Å². The summed E-state index contributed by atoms with van der Waals surface area (Å²) in [6.07, 6.45) is 0.498. The Morgan fingerprint density at radius 2 is 2.05 bits per heavy atom. The van der Waals surface area contributed by atoms with Gasteiger partial charge in [0.1, 0.15) is 6.26 Å². The quantitative estimate of drug-likeness (QED) is 0.888. The van der Waals surface area contributed by atoms with E-state index in [1.54, 1.807) is 24.3 Å². The van der Waals surface area contributed by atoms with Crippen LogP contribution in [-0.2, 0) is 11.2 Å². The summed E-state index contributed by atoms with van der Waals surface area (Å²) in [4.78, 5) is 11.6. The number of nitrogens with zero attached hydrogens (tertiary/aromatic N) is 1. The smallest absolute Gasteiger partial charge is 0.226 e. The minimum absolute atomic E-state index is 0.0140. The Bertz CT molecular complexity index is 567. The lowest BCUT2D eigenvalue weighted by Gasteiger charge is -2.15. The SMILES string of the molecule is O=C(Cc1ccon1)NC[C@H](O)c1c(Cl)cccc1Cl. The Kier molecular flexibility index (Phi) is 5.00. The number of carbonyl (C=O) groups excluding carboxylic acids is 1. The molecule has 0 unspecified atom stereocenters. The molecule has 5 nitrogen and oxygen atoms in total. The summed E-state index contributed by atoms with van der Waals surface area (Å²) in [6, 6.07) is 6.54. The van der Waals surface area contributed by atoms with Crippen molar-refractivity contribution in [2.24, 2.45) is 0 Å². The summed E-state index contributed by atoms with van der Waals surface area (Å²) >= 11 is 12.0. The van der Waals surface area contributed by atoms with Crippen molar-refractivity contribution in [1.29, 1.82) is 0 Å². The third-order valence-corrected chi connectivity index (χ3v) is 3.32. The summed E-state index contributed by atoms with van der Waals surface area (Å²) in [5.74, 6) is -0.277. The molecule has 0 fully saturated rings. The average molecular weight is 315 g/mol. The van der Waals surface area contributed by atoms with E-state index in [2.05, 4.69) is 15.0 Å². The van der Waals surface area contributed by atoms with Gasteiger partial charge in [-0.1, -0.05) is 34.4 Å². The van der Waals surface area contributed by atoms with E-state index in [9.17, 15) is 9.90 Å². The van der Waals surface area contributed by atoms with Crippen LogP contribution in [0.25, 0.3) is 0 Å². The zero-order chi connectivity index (χ0) is 14.5. The van der Waals surface area contributed by atoms with Crippen molar-refractivity contribution in [2.75, 3.05) is 6.54 Å². The second-order valence-corrected chi connectivity index (χ2v) is 4.94. The van der Waals surface area contributed by atoms with Crippen LogP contribution in [-0.4, -0.2) is 22.7 Å². The Morgan fingerprint density at radius 3 is 2.65 bits per heavy atom. The second-order valence-electron chi connectivity index (χ2n) is 4.12. The number of halogens is 2. The van der Waals surface area contributed by atoms with Crippen LogP contribution in [0.4, 0.5) is 0 Å². The zero-order valence-electron chi connectivity index (χ0n) is 10.3. The largest absolute Gasteiger partial charge is 0.386 e. The molecule has 1 heterocycles. The summed E-state index contributed by atoms with van der Waals surface area (Å²) in [6.45, 7) is 0.0140. The highest BCUT2D eigenvalue weighted by molar-refractivity contribution is 6.36. The molecule has 2 N–H and O–H groups in total. The molecule has 0 aliphatic carbocycles. The third-order valence-electron chi connectivity index (χ3n) is 2.66. The third kappa shape index (κ3) is 3.72. The molecular weight excluding hydrogens is 303 g/mol. The van der Waals surface area contributed by atoms with Crippen molar-refractivity contribution >= 4 is 29.1 Å². The Morgan fingerprint density at radius 1 is 1.35 bits per heavy atom. The highest BCUT2D eigenvalue weighted by Crippen LogP contribution is 2.29. The van der Waals surface area contributed by atoms with Crippen LogP contribution in [0.2, 0.25) is 10.0 Å². The Labute approximate surface area is 125 Å². The van der Waals surface area contributed by atoms with Crippen LogP contribution in [0.15, 0.2) is 35.1 Å². The fourth-order valence-electron chi connectivity index (χ4n) is 1.70. The van der Waals surface area contributed by atoms with Gasteiger partial charge in [0.2, 0.25) is 5.91 Å². The average Bonchev–Trinajstić information content (AvgIpc) is 2.89. The number of aliphatic hydroxyl groups excluding tert-OH is 1. The minimum atomic E-state index is -0.975. The molecule has 20 heavy (non-hydrogen) atoms. The fourth-order valence-corrected chi connectivity index (χ4v) is 2.35. The van der Waals surface area contributed by atoms with E-state index in [1.165, 1.54) is 6.26 Å². The van der Waals surface area contributed by atoms with Gasteiger partial charge in [0.15, 0.2) is 0 Å². The fraction of sp³-hybridized carbons (Fsp3) is 0.231. The number of hydrogen-bond donors (Lipinski definition) is 2. The number of benzene rings is 1. The maximum Gasteiger partial charge on any atom is 0.226 e. The molecular formula is C13H12Cl2N2O3. The van der Waals surface area contributed by atoms with E-state index in [0.717, 1.165) is 0 Å². The molecule has 106 valence electrons. The van der Waals surface area contributed by atoms with Crippen molar-refractivity contribution in [1.82, 2.24) is 10.5 Å². The van der Waals surface area contributed by atoms with Crippen LogP contribution in [0.5, 0.6) is 0 Å². The number of hydrogen-bond acceptors (Lipinski definition) is 4. The first kappa shape index (κ1) is 14.8. The molecule has 0 aliphatic heterocycles. The van der Waals surface area contributed by atoms with E-state index in [0.29, 0.717) is 21.3 Å². The van der Waals surface area contributed by atoms with Crippen LogP contribution >= 0.6 is 23.2 Å². The summed E-state index contributed by atoms with van der Waals surface area (Å²) in [5.41, 5.74) is 0.922. The van der Waals surface area contributed by atoms with Gasteiger partial charge in [0.25, 0.3) is 0 Å². The van der Waals surface area contributed by atoms with Crippen LogP contribution in [0, 0.1) is 0 Å². The number of rotatable bonds is 5. The van der Waals surface area contributed by atoms with Gasteiger partial charge < -0.3 is 14.9 Å². The molecule has 2 rings (SSSR count). The second kappa shape index (κ2) is 6.74. The molecule has 1 aromatic carbocycles. The molecule has 0 saturated heterocycles. The maximum atomic E-state index is 11.6. The lowest BCUT2D eigenvalue weighted by Crippen LogP contribution is -2.30. The van der Waals surface area contributed by atoms with Crippen molar-refractivity contribution in [2.45, 2.75) is 12.5 Å². The number of carbonyl (C=O) groups is 1. The van der Waals surface area contributed by atoms with Crippen LogP contribution < -0.4 is 5.32 Å². The van der Waals surface area contributed by atoms with Gasteiger partial charge in [0.05, 0.1) is 18.2 Å². The number of aliphatic hydroxyl groups is 1. The maximum absolute atomic E-state index is 11.6. The van der Waals surface area contributed by atoms with E-state index in [-0.39, 0.29) is 18.9 Å². The predicted molar refractivity (Wildman–Crippen MR) is 74.6 cm³/mol. The van der Waals surface area contributed by atoms with Crippen LogP contribution in [0.1, 0.15) is 17.4 Å². The van der Waals surface area contributed by atoms with Gasteiger partial charge in [-0.2, -0.15) is 0 Å². The summed E-state index contributed by atoms with van der Waals surface area (Å²) < 4.78 is 4.63. The first-order valence-corrected chi connectivity index (χ1v) is 6.61. The van der Waals surface area contributed by atoms with Gasteiger partial charge in [-0.3, -0.25) is 4.79 Å². The summed E-state index contributed by atoms with van der Waals surface area (Å²) in [5, 5.41) is 17.0. The lowest BCUT2D eigenvalue weighted by atomic mass is 10.1. The van der Waals surface area contributed by atoms with E-state index < -0.39 is 6.10 Å². The molecule has 0 saturated carbocycles. The van der Waals surface area contributed by atoms with Gasteiger partial charge in [-0.05, 0) is 12.1 Å². The standard InChI is InChI=1S/C13H12Cl2N2O3/c14-9-2-1-3-10(15)13(9)11(18)7-16-12(19)6-8-4-5-20-17-8/h1-5,11,18H,6-7H2,(H,16,19)/t11-/m0/s1. The number of aromatic nitrogens is 1. The van der Waals surface area contributed by atoms with Gasteiger partial charge in [0, 0.05) is 28.2 Å². The van der Waals surface area contributed by atoms with E-state index in [1.807, 2.05) is 0 Å². The van der Waals surface area contributed by atoms with Gasteiger partial charge in [-0.25, -0.2) is 0 Å². The topological polar surface area (TPSA) is 75.4 Å². The molecule has 1 atom stereocenters. The van der Waals surface area contributed by atoms with Crippen LogP contribution in [0.3, 0.4) is 0 Å². The van der Waals surface area contributed by atoms with Crippen molar-refractivity contribution < 1.29 is 14.4 Å². The molecule has 0 bridgehead atoms. The number of nitrogens with one attached hydrogen (secondary N) is 1. The molecule has 0 radical (unpaired) electrons. The first-order chi connectivity index (χ1) is 9.58. The zero-order valence-corrected chi connectivity index (χ0v) is 11.9. The molecule has 0 aliphatic rings. The molecule has 2 aromatic rings. The van der Waals surface area contributed by atoms with E-state index >= 15 is 0 Å². The van der Waals surface area contributed by atoms with Gasteiger partial charge in [-0.15, -0.1) is 0 Å². The minimum Gasteiger partial charge on any atom is -0.386 e. The summed E-state index contributed by atoms with van der Waals surface area (Å²) in [7, 11) is 0. The highest BCUT2D eigenvalue weighted by Gasteiger charge is 2.16. The predicted octanol–water partition coefficient (Wildman–Crippen LogP) is 2.37. The Balaban J connectivity index is 1.92. The van der Waals surface area contributed by atoms with Crippen molar-refractivity contribution in [3.8, 4) is 0 Å². The molecule has 1 amide bonds. The molecule has 0 spiro atoms. The van der Waals surface area contributed by atoms with Gasteiger partial charge >= 0.3 is 0 Å². The molecule has 7 heteroatoms. The normalized spacial score (nSPS) is 12.2. The number of amides is 1. The lowest BCUT2D eigenvalue weighted by molar-refractivity contribution is -0.121.